The molecule has 1 atom stereocenters. The lowest BCUT2D eigenvalue weighted by Crippen LogP contribution is -2.11. The summed E-state index contributed by atoms with van der Waals surface area (Å²) < 4.78 is 26.5. The topological polar surface area (TPSA) is 60.9 Å². The standard InChI is InChI=1S/C11H13ClFN3OS/c1-2-18(17)4-3-16-10-6-8(13)7(12)5-9(10)15-11(16)14/h5-6H,2-4H2,1H3,(H2,14,15). The molecule has 0 saturated carbocycles. The predicted molar refractivity (Wildman–Crippen MR) is 72.7 cm³/mol. The Balaban J connectivity index is 2.40. The second-order valence-corrected chi connectivity index (χ2v) is 6.08. The molecule has 0 fully saturated rings. The summed E-state index contributed by atoms with van der Waals surface area (Å²) in [5.74, 6) is 0.824. The van der Waals surface area contributed by atoms with E-state index in [1.807, 2.05) is 6.92 Å². The first-order chi connectivity index (χ1) is 8.52. The van der Waals surface area contributed by atoms with Gasteiger partial charge in [0, 0.05) is 34.9 Å². The van der Waals surface area contributed by atoms with E-state index in [2.05, 4.69) is 4.98 Å². The van der Waals surface area contributed by atoms with E-state index in [0.717, 1.165) is 0 Å². The molecular formula is C11H13ClFN3OS. The zero-order chi connectivity index (χ0) is 13.3. The summed E-state index contributed by atoms with van der Waals surface area (Å²) in [5.41, 5.74) is 6.88. The monoisotopic (exact) mass is 289 g/mol. The molecule has 98 valence electrons. The Morgan fingerprint density at radius 3 is 2.94 bits per heavy atom. The SMILES string of the molecule is CCS(=O)CCn1c(N)nc2cc(Cl)c(F)cc21. The Hall–Kier alpha value is -1.14. The highest BCUT2D eigenvalue weighted by molar-refractivity contribution is 7.84. The predicted octanol–water partition coefficient (Wildman–Crippen LogP) is 2.18. The number of anilines is 1. The summed E-state index contributed by atoms with van der Waals surface area (Å²) >= 11 is 5.69. The van der Waals surface area contributed by atoms with Crippen LogP contribution in [0.3, 0.4) is 0 Å². The van der Waals surface area contributed by atoms with Gasteiger partial charge in [-0.25, -0.2) is 9.37 Å². The van der Waals surface area contributed by atoms with Crippen LogP contribution in [0.15, 0.2) is 12.1 Å². The van der Waals surface area contributed by atoms with Crippen molar-refractivity contribution >= 4 is 39.4 Å². The number of rotatable bonds is 4. The van der Waals surface area contributed by atoms with Crippen LogP contribution in [0.25, 0.3) is 11.0 Å². The molecule has 1 heterocycles. The van der Waals surface area contributed by atoms with Gasteiger partial charge in [0.25, 0.3) is 0 Å². The van der Waals surface area contributed by atoms with E-state index < -0.39 is 16.6 Å². The lowest BCUT2D eigenvalue weighted by molar-refractivity contribution is 0.628. The normalized spacial score (nSPS) is 13.1. The molecule has 0 aliphatic rings. The van der Waals surface area contributed by atoms with Crippen LogP contribution in [-0.2, 0) is 17.3 Å². The van der Waals surface area contributed by atoms with Gasteiger partial charge >= 0.3 is 0 Å². The Kier molecular flexibility index (Phi) is 3.87. The number of halogens is 2. The summed E-state index contributed by atoms with van der Waals surface area (Å²) in [6, 6.07) is 2.74. The number of nitrogens with zero attached hydrogens (tertiary/aromatic N) is 2. The number of aryl methyl sites for hydroxylation is 1. The fourth-order valence-corrected chi connectivity index (χ4v) is 2.54. The van der Waals surface area contributed by atoms with Crippen LogP contribution in [0.5, 0.6) is 0 Å². The Morgan fingerprint density at radius 2 is 2.28 bits per heavy atom. The first-order valence-electron chi connectivity index (χ1n) is 5.48. The van der Waals surface area contributed by atoms with Crippen LogP contribution < -0.4 is 5.73 Å². The fraction of sp³-hybridized carbons (Fsp3) is 0.364. The van der Waals surface area contributed by atoms with Crippen LogP contribution in [0, 0.1) is 5.82 Å². The number of benzene rings is 1. The largest absolute Gasteiger partial charge is 0.369 e. The summed E-state index contributed by atoms with van der Waals surface area (Å²) in [4.78, 5) is 4.11. The molecule has 0 bridgehead atoms. The molecule has 0 aliphatic heterocycles. The maximum atomic E-state index is 13.4. The van der Waals surface area contributed by atoms with E-state index >= 15 is 0 Å². The Bertz CT molecular complexity index is 614. The van der Waals surface area contributed by atoms with Gasteiger partial charge in [0.05, 0.1) is 16.1 Å². The van der Waals surface area contributed by atoms with Crippen LogP contribution in [0.4, 0.5) is 10.3 Å². The van der Waals surface area contributed by atoms with Crippen molar-refractivity contribution in [2.75, 3.05) is 17.2 Å². The van der Waals surface area contributed by atoms with Crippen LogP contribution in [0.2, 0.25) is 5.02 Å². The van der Waals surface area contributed by atoms with Gasteiger partial charge in [-0.15, -0.1) is 0 Å². The van der Waals surface area contributed by atoms with Crippen molar-refractivity contribution in [2.24, 2.45) is 0 Å². The maximum Gasteiger partial charge on any atom is 0.201 e. The molecule has 0 radical (unpaired) electrons. The zero-order valence-corrected chi connectivity index (χ0v) is 11.4. The molecule has 1 unspecified atom stereocenters. The van der Waals surface area contributed by atoms with Crippen molar-refractivity contribution in [1.82, 2.24) is 9.55 Å². The number of aromatic nitrogens is 2. The van der Waals surface area contributed by atoms with E-state index in [0.29, 0.717) is 29.1 Å². The Labute approximate surface area is 111 Å². The number of imidazole rings is 1. The van der Waals surface area contributed by atoms with Crippen molar-refractivity contribution in [3.8, 4) is 0 Å². The molecule has 18 heavy (non-hydrogen) atoms. The van der Waals surface area contributed by atoms with Crippen molar-refractivity contribution < 1.29 is 8.60 Å². The maximum absolute atomic E-state index is 13.4. The number of hydrogen-bond donors (Lipinski definition) is 1. The number of nitrogens with two attached hydrogens (primary N) is 1. The van der Waals surface area contributed by atoms with Crippen LogP contribution in [0.1, 0.15) is 6.92 Å². The van der Waals surface area contributed by atoms with Gasteiger partial charge in [-0.2, -0.15) is 0 Å². The summed E-state index contributed by atoms with van der Waals surface area (Å²) in [5, 5.41) is 0.0179. The molecule has 7 heteroatoms. The van der Waals surface area contributed by atoms with E-state index in [-0.39, 0.29) is 11.0 Å². The van der Waals surface area contributed by atoms with Gasteiger partial charge in [0.1, 0.15) is 5.82 Å². The Morgan fingerprint density at radius 1 is 1.56 bits per heavy atom. The fourth-order valence-electron chi connectivity index (χ4n) is 1.71. The van der Waals surface area contributed by atoms with Crippen molar-refractivity contribution in [2.45, 2.75) is 13.5 Å². The van der Waals surface area contributed by atoms with Crippen LogP contribution >= 0.6 is 11.6 Å². The van der Waals surface area contributed by atoms with Gasteiger partial charge in [0.2, 0.25) is 5.95 Å². The molecule has 2 rings (SSSR count). The highest BCUT2D eigenvalue weighted by Crippen LogP contribution is 2.24. The molecule has 1 aromatic carbocycles. The molecule has 2 aromatic rings. The average molecular weight is 290 g/mol. The van der Waals surface area contributed by atoms with E-state index in [4.69, 9.17) is 17.3 Å². The quantitative estimate of drug-likeness (QED) is 0.938. The molecular weight excluding hydrogens is 277 g/mol. The number of fused-ring (bicyclic) bond motifs is 1. The molecule has 0 amide bonds. The first-order valence-corrected chi connectivity index (χ1v) is 7.35. The molecule has 0 saturated heterocycles. The molecule has 2 N–H and O–H groups in total. The third kappa shape index (κ3) is 2.49. The smallest absolute Gasteiger partial charge is 0.201 e. The lowest BCUT2D eigenvalue weighted by Gasteiger charge is -2.05. The zero-order valence-electron chi connectivity index (χ0n) is 9.82. The summed E-state index contributed by atoms with van der Waals surface area (Å²) in [6.07, 6.45) is 0. The minimum Gasteiger partial charge on any atom is -0.369 e. The second-order valence-electron chi connectivity index (χ2n) is 3.81. The second kappa shape index (κ2) is 5.24. The number of nitrogen functional groups attached to an aromatic ring is 1. The van der Waals surface area contributed by atoms with E-state index in [9.17, 15) is 8.60 Å². The molecule has 1 aromatic heterocycles. The number of hydrogen-bond acceptors (Lipinski definition) is 3. The molecule has 0 spiro atoms. The highest BCUT2D eigenvalue weighted by Gasteiger charge is 2.12. The van der Waals surface area contributed by atoms with Crippen LogP contribution in [-0.4, -0.2) is 25.3 Å². The molecule has 0 aliphatic carbocycles. The minimum atomic E-state index is -0.897. The van der Waals surface area contributed by atoms with Gasteiger partial charge in [-0.1, -0.05) is 18.5 Å². The summed E-state index contributed by atoms with van der Waals surface area (Å²) in [6.45, 7) is 2.30. The first kappa shape index (κ1) is 13.3. The molecule has 4 nitrogen and oxygen atoms in total. The minimum absolute atomic E-state index is 0.0179. The van der Waals surface area contributed by atoms with Gasteiger partial charge in [-0.3, -0.25) is 4.21 Å². The van der Waals surface area contributed by atoms with Crippen molar-refractivity contribution in [3.05, 3.63) is 23.0 Å². The third-order valence-corrected chi connectivity index (χ3v) is 4.26. The van der Waals surface area contributed by atoms with Crippen molar-refractivity contribution in [1.29, 1.82) is 0 Å². The van der Waals surface area contributed by atoms with E-state index in [1.54, 1.807) is 4.57 Å². The highest BCUT2D eigenvalue weighted by atomic mass is 35.5. The van der Waals surface area contributed by atoms with Gasteiger partial charge in [0.15, 0.2) is 0 Å². The average Bonchev–Trinajstić information content (AvgIpc) is 2.62. The summed E-state index contributed by atoms with van der Waals surface area (Å²) in [7, 11) is -0.897. The van der Waals surface area contributed by atoms with Gasteiger partial charge in [-0.05, 0) is 6.07 Å². The van der Waals surface area contributed by atoms with E-state index in [1.165, 1.54) is 12.1 Å². The van der Waals surface area contributed by atoms with Crippen molar-refractivity contribution in [3.63, 3.8) is 0 Å². The van der Waals surface area contributed by atoms with Gasteiger partial charge < -0.3 is 10.3 Å². The lowest BCUT2D eigenvalue weighted by atomic mass is 10.3. The third-order valence-electron chi connectivity index (χ3n) is 2.68.